The summed E-state index contributed by atoms with van der Waals surface area (Å²) in [5.41, 5.74) is 3.36. The number of anilines is 1. The Morgan fingerprint density at radius 1 is 0.919 bits per heavy atom. The largest absolute Gasteiger partial charge is 0.497 e. The Balaban J connectivity index is 1.20. The van der Waals surface area contributed by atoms with Gasteiger partial charge in [0.2, 0.25) is 0 Å². The van der Waals surface area contributed by atoms with E-state index in [2.05, 4.69) is 11.0 Å². The van der Waals surface area contributed by atoms with Crippen molar-refractivity contribution in [2.24, 2.45) is 0 Å². The van der Waals surface area contributed by atoms with Gasteiger partial charge in [-0.2, -0.15) is 0 Å². The average Bonchev–Trinajstić information content (AvgIpc) is 3.21. The lowest BCUT2D eigenvalue weighted by molar-refractivity contribution is -0.123. The normalized spacial score (nSPS) is 17.0. The molecule has 2 aliphatic heterocycles. The minimum absolute atomic E-state index is 0.0139. The van der Waals surface area contributed by atoms with Crippen LogP contribution in [0.3, 0.4) is 0 Å². The van der Waals surface area contributed by atoms with Gasteiger partial charge in [-0.05, 0) is 53.2 Å². The zero-order valence-corrected chi connectivity index (χ0v) is 21.3. The van der Waals surface area contributed by atoms with Gasteiger partial charge >= 0.3 is 0 Å². The van der Waals surface area contributed by atoms with Crippen LogP contribution in [0.25, 0.3) is 6.08 Å². The zero-order valence-electron chi connectivity index (χ0n) is 20.5. The summed E-state index contributed by atoms with van der Waals surface area (Å²) < 4.78 is 5.32. The third kappa shape index (κ3) is 5.54. The lowest BCUT2D eigenvalue weighted by atomic mass is 10.1. The van der Waals surface area contributed by atoms with Gasteiger partial charge in [0.1, 0.15) is 5.75 Å². The number of ether oxygens (including phenoxy) is 1. The van der Waals surface area contributed by atoms with Crippen molar-refractivity contribution in [2.45, 2.75) is 6.54 Å². The predicted octanol–water partition coefficient (Wildman–Crippen LogP) is 4.89. The molecule has 8 heteroatoms. The average molecular weight is 514 g/mol. The summed E-state index contributed by atoms with van der Waals surface area (Å²) in [4.78, 5) is 44.1. The van der Waals surface area contributed by atoms with Crippen molar-refractivity contribution in [3.05, 3.63) is 100 Å². The molecule has 0 atom stereocenters. The topological polar surface area (TPSA) is 70.2 Å². The Bertz CT molecular complexity index is 1330. The number of carbonyl (C=O) groups is 3. The molecule has 0 spiro atoms. The van der Waals surface area contributed by atoms with Gasteiger partial charge in [-0.3, -0.25) is 19.3 Å². The number of hydrogen-bond acceptors (Lipinski definition) is 6. The summed E-state index contributed by atoms with van der Waals surface area (Å²) in [6.45, 7) is 3.01. The Kier molecular flexibility index (Phi) is 7.28. The molecule has 7 nitrogen and oxygen atoms in total. The number of thioether (sulfide) groups is 1. The van der Waals surface area contributed by atoms with Gasteiger partial charge in [-0.25, -0.2) is 0 Å². The van der Waals surface area contributed by atoms with Gasteiger partial charge in [-0.15, -0.1) is 0 Å². The van der Waals surface area contributed by atoms with Crippen LogP contribution >= 0.6 is 11.8 Å². The standard InChI is InChI=1S/C29H27N3O4S/c1-36-25-9-5-8-24(19-25)30-14-16-31(17-15-30)27(33)23-12-10-21(11-13-23)18-26-28(34)32(29(35)37-26)20-22-6-3-2-4-7-22/h2-13,18-19H,14-17,20H2,1H3. The van der Waals surface area contributed by atoms with Crippen LogP contribution in [0.15, 0.2) is 83.8 Å². The number of methoxy groups -OCH3 is 1. The molecular weight excluding hydrogens is 486 g/mol. The maximum atomic E-state index is 13.1. The van der Waals surface area contributed by atoms with Crippen LogP contribution in [0.2, 0.25) is 0 Å². The van der Waals surface area contributed by atoms with Crippen molar-refractivity contribution < 1.29 is 19.1 Å². The molecule has 3 aromatic rings. The molecule has 2 heterocycles. The summed E-state index contributed by atoms with van der Waals surface area (Å²) >= 11 is 0.941. The molecule has 3 aromatic carbocycles. The van der Waals surface area contributed by atoms with Crippen LogP contribution in [0.4, 0.5) is 10.5 Å². The van der Waals surface area contributed by atoms with Crippen molar-refractivity contribution in [2.75, 3.05) is 38.2 Å². The number of carbonyl (C=O) groups excluding carboxylic acids is 3. The van der Waals surface area contributed by atoms with E-state index in [1.807, 2.05) is 65.6 Å². The second kappa shape index (κ2) is 10.9. The van der Waals surface area contributed by atoms with Gasteiger partial charge in [0.05, 0.1) is 18.6 Å². The second-order valence-corrected chi connectivity index (χ2v) is 9.85. The smallest absolute Gasteiger partial charge is 0.293 e. The SMILES string of the molecule is COc1cccc(N2CCN(C(=O)c3ccc(C=C4SC(=O)N(Cc5ccccc5)C4=O)cc3)CC2)c1. The Morgan fingerprint density at radius 2 is 1.65 bits per heavy atom. The zero-order chi connectivity index (χ0) is 25.8. The number of hydrogen-bond donors (Lipinski definition) is 0. The molecule has 37 heavy (non-hydrogen) atoms. The van der Waals surface area contributed by atoms with Crippen LogP contribution in [0.1, 0.15) is 21.5 Å². The van der Waals surface area contributed by atoms with Crippen molar-refractivity contribution >= 4 is 40.6 Å². The number of imide groups is 1. The van der Waals surface area contributed by atoms with Crippen molar-refractivity contribution in [1.82, 2.24) is 9.80 Å². The number of amides is 3. The van der Waals surface area contributed by atoms with Crippen molar-refractivity contribution in [3.8, 4) is 5.75 Å². The fraction of sp³-hybridized carbons (Fsp3) is 0.207. The highest BCUT2D eigenvalue weighted by atomic mass is 32.2. The first-order valence-corrected chi connectivity index (χ1v) is 12.9. The molecule has 0 aromatic heterocycles. The van der Waals surface area contributed by atoms with E-state index in [1.54, 1.807) is 25.3 Å². The summed E-state index contributed by atoms with van der Waals surface area (Å²) in [5, 5.41) is -0.278. The third-order valence-electron chi connectivity index (χ3n) is 6.50. The van der Waals surface area contributed by atoms with Crippen LogP contribution in [-0.4, -0.2) is 60.1 Å². The Labute approximate surface area is 220 Å². The fourth-order valence-corrected chi connectivity index (χ4v) is 5.27. The Hall–Kier alpha value is -4.04. The first kappa shape index (κ1) is 24.6. The highest BCUT2D eigenvalue weighted by molar-refractivity contribution is 8.18. The molecule has 3 amide bonds. The highest BCUT2D eigenvalue weighted by Crippen LogP contribution is 2.33. The lowest BCUT2D eigenvalue weighted by Crippen LogP contribution is -2.48. The lowest BCUT2D eigenvalue weighted by Gasteiger charge is -2.36. The highest BCUT2D eigenvalue weighted by Gasteiger charge is 2.35. The molecule has 2 saturated heterocycles. The van der Waals surface area contributed by atoms with E-state index in [-0.39, 0.29) is 23.6 Å². The van der Waals surface area contributed by atoms with E-state index in [9.17, 15) is 14.4 Å². The maximum absolute atomic E-state index is 13.1. The van der Waals surface area contributed by atoms with Crippen LogP contribution in [0.5, 0.6) is 5.75 Å². The van der Waals surface area contributed by atoms with Gasteiger partial charge in [0.25, 0.3) is 17.1 Å². The summed E-state index contributed by atoms with van der Waals surface area (Å²) in [5.74, 6) is 0.505. The molecule has 0 radical (unpaired) electrons. The fourth-order valence-electron chi connectivity index (χ4n) is 4.43. The maximum Gasteiger partial charge on any atom is 0.293 e. The third-order valence-corrected chi connectivity index (χ3v) is 7.41. The molecule has 2 fully saturated rings. The predicted molar refractivity (Wildman–Crippen MR) is 146 cm³/mol. The van der Waals surface area contributed by atoms with Crippen LogP contribution in [0, 0.1) is 0 Å². The summed E-state index contributed by atoms with van der Waals surface area (Å²) in [6, 6.07) is 24.6. The number of piperazine rings is 1. The van der Waals surface area contributed by atoms with Crippen LogP contribution in [-0.2, 0) is 11.3 Å². The van der Waals surface area contributed by atoms with E-state index < -0.39 is 0 Å². The molecule has 5 rings (SSSR count). The molecule has 0 unspecified atom stereocenters. The molecule has 0 saturated carbocycles. The number of benzene rings is 3. The molecule has 2 aliphatic rings. The van der Waals surface area contributed by atoms with E-state index in [1.165, 1.54) is 4.90 Å². The molecule has 0 aliphatic carbocycles. The quantitative estimate of drug-likeness (QED) is 0.437. The van der Waals surface area contributed by atoms with Gasteiger partial charge in [-0.1, -0.05) is 48.5 Å². The van der Waals surface area contributed by atoms with Gasteiger partial charge < -0.3 is 14.5 Å². The molecule has 0 N–H and O–H groups in total. The van der Waals surface area contributed by atoms with Crippen molar-refractivity contribution in [3.63, 3.8) is 0 Å². The molecule has 188 valence electrons. The monoisotopic (exact) mass is 513 g/mol. The summed E-state index contributed by atoms with van der Waals surface area (Å²) in [6.07, 6.45) is 1.71. The minimum Gasteiger partial charge on any atom is -0.497 e. The van der Waals surface area contributed by atoms with E-state index >= 15 is 0 Å². The Morgan fingerprint density at radius 3 is 2.35 bits per heavy atom. The molecule has 0 bridgehead atoms. The summed E-state index contributed by atoms with van der Waals surface area (Å²) in [7, 11) is 1.65. The van der Waals surface area contributed by atoms with E-state index in [0.29, 0.717) is 23.6 Å². The first-order valence-electron chi connectivity index (χ1n) is 12.1. The van der Waals surface area contributed by atoms with Gasteiger partial charge in [0.15, 0.2) is 0 Å². The minimum atomic E-state index is -0.298. The first-order chi connectivity index (χ1) is 18.0. The number of rotatable bonds is 6. The van der Waals surface area contributed by atoms with E-state index in [0.717, 1.165) is 47.4 Å². The second-order valence-electron chi connectivity index (χ2n) is 8.86. The number of nitrogens with zero attached hydrogens (tertiary/aromatic N) is 3. The van der Waals surface area contributed by atoms with E-state index in [4.69, 9.17) is 4.74 Å². The molecular formula is C29H27N3O4S. The van der Waals surface area contributed by atoms with Crippen molar-refractivity contribution in [1.29, 1.82) is 0 Å². The van der Waals surface area contributed by atoms with Crippen LogP contribution < -0.4 is 9.64 Å². The van der Waals surface area contributed by atoms with Gasteiger partial charge in [0, 0.05) is 43.5 Å².